The zero-order chi connectivity index (χ0) is 59.3. The molecule has 0 saturated carbocycles. The smallest absolute Gasteiger partial charge is 0.343 e. The number of hydrogen-bond acceptors (Lipinski definition) is 17. The Morgan fingerprint density at radius 1 is 0.915 bits per heavy atom. The summed E-state index contributed by atoms with van der Waals surface area (Å²) < 4.78 is 52.6. The molecule has 2 unspecified atom stereocenters. The van der Waals surface area contributed by atoms with Gasteiger partial charge in [0, 0.05) is 66.4 Å². The lowest BCUT2D eigenvalue weighted by atomic mass is 9.86. The highest BCUT2D eigenvalue weighted by atomic mass is 32.2. The maximum Gasteiger partial charge on any atom is 0.343 e. The van der Waals surface area contributed by atoms with Crippen molar-refractivity contribution in [2.75, 3.05) is 45.8 Å². The predicted molar refractivity (Wildman–Crippen MR) is 302 cm³/mol. The molecule has 4 aromatic heterocycles. The minimum Gasteiger partial charge on any atom is -0.458 e. The van der Waals surface area contributed by atoms with E-state index in [1.54, 1.807) is 50.7 Å². The van der Waals surface area contributed by atoms with E-state index in [1.165, 1.54) is 23.0 Å². The molecule has 444 valence electrons. The number of nitrogens with zero attached hydrogens (tertiary/aromatic N) is 8. The van der Waals surface area contributed by atoms with Gasteiger partial charge in [-0.1, -0.05) is 46.3 Å². The van der Waals surface area contributed by atoms with Crippen LogP contribution in [0.2, 0.25) is 0 Å². The zero-order valence-electron chi connectivity index (χ0n) is 47.9. The lowest BCUT2D eigenvalue weighted by Gasteiger charge is -2.31. The van der Waals surface area contributed by atoms with Crippen molar-refractivity contribution in [1.29, 1.82) is 0 Å². The highest BCUT2D eigenvalue weighted by molar-refractivity contribution is 7.90. The molecule has 3 atom stereocenters. The second-order valence-electron chi connectivity index (χ2n) is 21.5. The van der Waals surface area contributed by atoms with Gasteiger partial charge in [0.05, 0.1) is 41.8 Å². The lowest BCUT2D eigenvalue weighted by Crippen LogP contribution is -2.56. The number of hydrogen-bond donors (Lipinski definition) is 5. The molecule has 0 bridgehead atoms. The van der Waals surface area contributed by atoms with Crippen molar-refractivity contribution in [2.45, 2.75) is 161 Å². The van der Waals surface area contributed by atoms with E-state index in [2.05, 4.69) is 60.3 Å². The van der Waals surface area contributed by atoms with Crippen LogP contribution in [0.5, 0.6) is 0 Å². The van der Waals surface area contributed by atoms with Crippen LogP contribution < -0.4 is 26.8 Å². The number of fused-ring (bicyclic) bond motifs is 5. The molecule has 23 nitrogen and oxygen atoms in total. The summed E-state index contributed by atoms with van der Waals surface area (Å²) in [5.41, 5.74) is 2.20. The third kappa shape index (κ3) is 15.3. The number of halogens is 1. The molecule has 82 heavy (non-hydrogen) atoms. The van der Waals surface area contributed by atoms with Crippen LogP contribution in [-0.4, -0.2) is 140 Å². The Labute approximate surface area is 476 Å². The maximum atomic E-state index is 15.0. The van der Waals surface area contributed by atoms with E-state index in [4.69, 9.17) is 14.5 Å². The molecule has 6 heterocycles. The second kappa shape index (κ2) is 28.3. The van der Waals surface area contributed by atoms with Crippen LogP contribution in [0.4, 0.5) is 4.39 Å². The van der Waals surface area contributed by atoms with Crippen LogP contribution >= 0.6 is 0 Å². The molecule has 5 N–H and O–H groups in total. The topological polar surface area (TPSA) is 301 Å². The number of carbonyl (C=O) groups excluding carboxylic acids is 5. The average molecular weight is 1160 g/mol. The van der Waals surface area contributed by atoms with Gasteiger partial charge in [0.2, 0.25) is 38.6 Å². The Morgan fingerprint density at radius 3 is 2.35 bits per heavy atom. The summed E-state index contributed by atoms with van der Waals surface area (Å²) in [6.45, 7) is 13.9. The number of amides is 4. The van der Waals surface area contributed by atoms with Crippen LogP contribution in [0.1, 0.15) is 133 Å². The Hall–Kier alpha value is -7.09. The summed E-state index contributed by atoms with van der Waals surface area (Å²) in [7, 11) is -3.54. The molecular formula is C57H77FN12O11S. The summed E-state index contributed by atoms with van der Waals surface area (Å²) in [5.74, 6) is -3.49. The van der Waals surface area contributed by atoms with E-state index < -0.39 is 69.1 Å². The molecule has 7 rings (SSSR count). The van der Waals surface area contributed by atoms with E-state index in [9.17, 15) is 42.3 Å². The van der Waals surface area contributed by atoms with Gasteiger partial charge in [0.25, 0.3) is 5.56 Å². The highest BCUT2D eigenvalue weighted by Crippen LogP contribution is 2.41. The van der Waals surface area contributed by atoms with E-state index in [0.29, 0.717) is 90.6 Å². The number of unbranched alkanes of at least 4 members (excludes halogenated alkanes) is 3. The number of cyclic esters (lactones) is 1. The second-order valence-corrected chi connectivity index (χ2v) is 23.4. The number of aryl methyl sites for hydroxylation is 3. The number of aromatic nitrogens is 7. The van der Waals surface area contributed by atoms with Gasteiger partial charge < -0.3 is 45.3 Å². The van der Waals surface area contributed by atoms with Crippen molar-refractivity contribution < 1.29 is 51.4 Å². The molecular weight excluding hydrogens is 1080 g/mol. The van der Waals surface area contributed by atoms with Crippen LogP contribution in [0.25, 0.3) is 33.5 Å². The Morgan fingerprint density at radius 2 is 1.66 bits per heavy atom. The van der Waals surface area contributed by atoms with Gasteiger partial charge in [-0.05, 0) is 120 Å². The number of aliphatic hydroxyl groups is 1. The van der Waals surface area contributed by atoms with E-state index in [-0.39, 0.29) is 67.4 Å². The molecule has 2 aliphatic heterocycles. The number of nitrogens with one attached hydrogen (secondary N) is 4. The summed E-state index contributed by atoms with van der Waals surface area (Å²) in [4.78, 5) is 95.6. The van der Waals surface area contributed by atoms with Gasteiger partial charge in [-0.15, -0.1) is 5.10 Å². The molecule has 0 spiro atoms. The number of sulfone groups is 1. The minimum absolute atomic E-state index is 0.0112. The molecule has 2 aliphatic rings. The molecule has 0 aliphatic carbocycles. The van der Waals surface area contributed by atoms with Crippen molar-refractivity contribution in [3.8, 4) is 22.6 Å². The van der Waals surface area contributed by atoms with Crippen molar-refractivity contribution in [1.82, 2.24) is 60.7 Å². The number of ether oxygens (including phenoxy) is 2. The first-order valence-corrected chi connectivity index (χ1v) is 30.2. The Bertz CT molecular complexity index is 3290. The first-order valence-electron chi connectivity index (χ1n) is 28.3. The minimum atomic E-state index is -3.54. The van der Waals surface area contributed by atoms with Gasteiger partial charge in [0.1, 0.15) is 36.9 Å². The van der Waals surface area contributed by atoms with Crippen LogP contribution in [0.3, 0.4) is 0 Å². The Balaban J connectivity index is 0.895. The summed E-state index contributed by atoms with van der Waals surface area (Å²) in [6.07, 6.45) is 12.2. The SMILES string of the molecule is CCCN(CCC)CCCCC(NC(=O)C(NC(=O)CCCCCn1cc(-c2cnc(S(C)(=O)=O)nc2)nn1)C(C)C)C(=O)NCC(=O)NCOCCCc1c2c(nc3cc(F)c(C)cc13)-c1cc3c(c(=O)n1C2)COC(=O)[C@]3(O)CC. The predicted octanol–water partition coefficient (Wildman–Crippen LogP) is 4.30. The molecule has 25 heteroatoms. The Kier molecular flexibility index (Phi) is 21.5. The molecule has 4 amide bonds. The number of carbonyl (C=O) groups is 5. The number of esters is 1. The third-order valence-electron chi connectivity index (χ3n) is 14.9. The normalized spacial score (nSPS) is 15.4. The van der Waals surface area contributed by atoms with Crippen LogP contribution in [-0.2, 0) is 75.0 Å². The summed E-state index contributed by atoms with van der Waals surface area (Å²) >= 11 is 0. The van der Waals surface area contributed by atoms with Crippen LogP contribution in [0, 0.1) is 18.7 Å². The largest absolute Gasteiger partial charge is 0.458 e. The highest BCUT2D eigenvalue weighted by Gasteiger charge is 2.45. The third-order valence-corrected chi connectivity index (χ3v) is 15.8. The molecule has 0 fully saturated rings. The van der Waals surface area contributed by atoms with E-state index in [0.717, 1.165) is 56.3 Å². The zero-order valence-corrected chi connectivity index (χ0v) is 48.8. The van der Waals surface area contributed by atoms with E-state index >= 15 is 4.39 Å². The summed E-state index contributed by atoms with van der Waals surface area (Å²) in [5, 5.41) is 31.1. The lowest BCUT2D eigenvalue weighted by molar-refractivity contribution is -0.172. The average Bonchev–Trinajstić information content (AvgIpc) is 2.12. The van der Waals surface area contributed by atoms with Gasteiger partial charge in [-0.25, -0.2) is 32.6 Å². The monoisotopic (exact) mass is 1160 g/mol. The fourth-order valence-corrected chi connectivity index (χ4v) is 10.9. The van der Waals surface area contributed by atoms with Gasteiger partial charge >= 0.3 is 5.97 Å². The first-order chi connectivity index (χ1) is 39.2. The van der Waals surface area contributed by atoms with E-state index in [1.807, 2.05) is 0 Å². The summed E-state index contributed by atoms with van der Waals surface area (Å²) in [6, 6.07) is 2.78. The van der Waals surface area contributed by atoms with Crippen molar-refractivity contribution in [3.05, 3.63) is 80.8 Å². The van der Waals surface area contributed by atoms with Gasteiger partial charge in [-0.2, -0.15) is 0 Å². The first kappa shape index (κ1) is 62.5. The number of rotatable bonds is 31. The van der Waals surface area contributed by atoms with Gasteiger partial charge in [0.15, 0.2) is 5.60 Å². The molecule has 5 aromatic rings. The van der Waals surface area contributed by atoms with Gasteiger partial charge in [-0.3, -0.25) is 28.7 Å². The van der Waals surface area contributed by atoms with Crippen LogP contribution in [0.15, 0.2) is 46.7 Å². The van der Waals surface area contributed by atoms with Crippen molar-refractivity contribution in [3.63, 3.8) is 0 Å². The van der Waals surface area contributed by atoms with Crippen molar-refractivity contribution >= 4 is 50.3 Å². The molecule has 1 aromatic carbocycles. The number of benzene rings is 1. The van der Waals surface area contributed by atoms with Crippen molar-refractivity contribution in [2.24, 2.45) is 5.92 Å². The fourth-order valence-electron chi connectivity index (χ4n) is 10.4. The quantitative estimate of drug-likeness (QED) is 0.0175. The molecule has 0 radical (unpaired) electrons. The number of pyridine rings is 2. The standard InChI is InChI=1S/C57H77FN12O11S/c1-8-20-68(21-9-2)22-15-13-18-44(64-53(74)50(35(4)5)65-48(71)19-12-11-14-23-69-32-46(66-67-69)37-28-60-56(61-29-37)82(7,78)79)52(73)59-30-49(72)62-34-80-24-16-17-38-39-25-36(6)43(58)27-45(39)63-51-40(38)31-70-47(51)26-42-41(54(70)75)33-81-55(76)57(42,77)10-3/h25-29,32,35,44,50,77H,8-24,30-31,33-34H2,1-7H3,(H,59,73)(H,62,72)(H,64,74)(H,65,71)/t44?,50?,57-/m0/s1. The maximum absolute atomic E-state index is 15.0. The molecule has 0 saturated heterocycles. The fraction of sp³-hybridized carbons (Fsp3) is 0.561.